The first-order chi connectivity index (χ1) is 16.4. The van der Waals surface area contributed by atoms with Crippen LogP contribution >= 0.6 is 22.9 Å². The first-order valence-electron chi connectivity index (χ1n) is 10.8. The molecular formula is C22H25ClN6O4S. The number of carbonyl (C=O) groups excluding carboxylic acids is 3. The van der Waals surface area contributed by atoms with Crippen LogP contribution in [0, 0.1) is 0 Å². The molecule has 1 aromatic carbocycles. The molecule has 4 N–H and O–H groups in total. The van der Waals surface area contributed by atoms with Gasteiger partial charge in [-0.3, -0.25) is 14.5 Å². The second-order valence-electron chi connectivity index (χ2n) is 7.76. The largest absolute Gasteiger partial charge is 0.453 e. The van der Waals surface area contributed by atoms with Crippen molar-refractivity contribution in [1.82, 2.24) is 30.8 Å². The number of methoxy groups -OCH3 is 1. The Balaban J connectivity index is 1.22. The highest BCUT2D eigenvalue weighted by molar-refractivity contribution is 7.13. The fourth-order valence-electron chi connectivity index (χ4n) is 3.67. The second kappa shape index (κ2) is 10.9. The zero-order valence-electron chi connectivity index (χ0n) is 18.6. The molecule has 0 fully saturated rings. The van der Waals surface area contributed by atoms with Gasteiger partial charge < -0.3 is 25.7 Å². The van der Waals surface area contributed by atoms with Crippen molar-refractivity contribution in [3.8, 4) is 0 Å². The number of hydrogen-bond acceptors (Lipinski definition) is 7. The SMILES string of the molecule is COC(=O)NCCN1CCc2nc(C(=O)NCCNC(=O)c3cc4cc(Cl)ccc4[nH]3)sc2C1. The Hall–Kier alpha value is -3.15. The van der Waals surface area contributed by atoms with Crippen LogP contribution in [0.2, 0.25) is 5.02 Å². The summed E-state index contributed by atoms with van der Waals surface area (Å²) in [6.07, 6.45) is 0.306. The molecule has 1 aliphatic rings. The van der Waals surface area contributed by atoms with Crippen LogP contribution in [0.15, 0.2) is 24.3 Å². The van der Waals surface area contributed by atoms with Crippen molar-refractivity contribution in [3.05, 3.63) is 50.6 Å². The minimum atomic E-state index is -0.447. The van der Waals surface area contributed by atoms with Gasteiger partial charge in [0.2, 0.25) is 0 Å². The summed E-state index contributed by atoms with van der Waals surface area (Å²) in [7, 11) is 1.33. The maximum Gasteiger partial charge on any atom is 0.406 e. The molecule has 0 atom stereocenters. The Bertz CT molecular complexity index is 1210. The number of alkyl carbamates (subject to hydrolysis) is 1. The first-order valence-corrected chi connectivity index (χ1v) is 12.0. The van der Waals surface area contributed by atoms with Gasteiger partial charge in [0.15, 0.2) is 5.01 Å². The van der Waals surface area contributed by atoms with Crippen molar-refractivity contribution in [2.75, 3.05) is 39.8 Å². The fraction of sp³-hybridized carbons (Fsp3) is 0.364. The summed E-state index contributed by atoms with van der Waals surface area (Å²) < 4.78 is 4.57. The number of aromatic nitrogens is 2. The molecule has 12 heteroatoms. The van der Waals surface area contributed by atoms with Crippen LogP contribution in [0.1, 0.15) is 30.9 Å². The number of nitrogens with one attached hydrogen (secondary N) is 4. The number of nitrogens with zero attached hydrogens (tertiary/aromatic N) is 2. The monoisotopic (exact) mass is 504 g/mol. The average Bonchev–Trinajstić information content (AvgIpc) is 3.45. The molecule has 0 bridgehead atoms. The normalized spacial score (nSPS) is 13.4. The molecular weight excluding hydrogens is 480 g/mol. The Labute approximate surface area is 205 Å². The van der Waals surface area contributed by atoms with Gasteiger partial charge in [-0.2, -0.15) is 0 Å². The Morgan fingerprint density at radius 3 is 2.74 bits per heavy atom. The van der Waals surface area contributed by atoms with Crippen LogP contribution in [0.25, 0.3) is 10.9 Å². The second-order valence-corrected chi connectivity index (χ2v) is 9.28. The zero-order chi connectivity index (χ0) is 24.1. The van der Waals surface area contributed by atoms with Crippen LogP contribution in [0.3, 0.4) is 0 Å². The molecule has 4 rings (SSSR count). The predicted molar refractivity (Wildman–Crippen MR) is 129 cm³/mol. The van der Waals surface area contributed by atoms with Crippen LogP contribution in [-0.2, 0) is 17.7 Å². The summed E-state index contributed by atoms with van der Waals surface area (Å²) in [5.41, 5.74) is 2.20. The van der Waals surface area contributed by atoms with Gasteiger partial charge in [0.1, 0.15) is 5.69 Å². The van der Waals surface area contributed by atoms with E-state index < -0.39 is 6.09 Å². The highest BCUT2D eigenvalue weighted by atomic mass is 35.5. The van der Waals surface area contributed by atoms with Crippen molar-refractivity contribution in [2.24, 2.45) is 0 Å². The van der Waals surface area contributed by atoms with E-state index in [1.807, 2.05) is 6.07 Å². The van der Waals surface area contributed by atoms with Crippen molar-refractivity contribution in [3.63, 3.8) is 0 Å². The molecule has 3 aromatic rings. The smallest absolute Gasteiger partial charge is 0.406 e. The topological polar surface area (TPSA) is 128 Å². The van der Waals surface area contributed by atoms with E-state index >= 15 is 0 Å². The van der Waals surface area contributed by atoms with Gasteiger partial charge in [0.05, 0.1) is 12.8 Å². The fourth-order valence-corrected chi connectivity index (χ4v) is 4.92. The molecule has 34 heavy (non-hydrogen) atoms. The summed E-state index contributed by atoms with van der Waals surface area (Å²) in [6, 6.07) is 7.11. The molecule has 0 spiro atoms. The van der Waals surface area contributed by atoms with E-state index in [1.54, 1.807) is 18.2 Å². The molecule has 0 radical (unpaired) electrons. The van der Waals surface area contributed by atoms with Crippen molar-refractivity contribution in [2.45, 2.75) is 13.0 Å². The summed E-state index contributed by atoms with van der Waals surface area (Å²) in [5.74, 6) is -0.513. The minimum absolute atomic E-state index is 0.256. The maximum absolute atomic E-state index is 12.5. The molecule has 0 saturated carbocycles. The highest BCUT2D eigenvalue weighted by Crippen LogP contribution is 2.25. The van der Waals surface area contributed by atoms with E-state index in [9.17, 15) is 14.4 Å². The lowest BCUT2D eigenvalue weighted by molar-refractivity contribution is 0.0925. The minimum Gasteiger partial charge on any atom is -0.453 e. The van der Waals surface area contributed by atoms with Crippen molar-refractivity contribution < 1.29 is 19.1 Å². The summed E-state index contributed by atoms with van der Waals surface area (Å²) in [4.78, 5) is 46.9. The van der Waals surface area contributed by atoms with Crippen LogP contribution in [0.5, 0.6) is 0 Å². The van der Waals surface area contributed by atoms with E-state index in [-0.39, 0.29) is 24.9 Å². The van der Waals surface area contributed by atoms with Gasteiger partial charge in [-0.05, 0) is 24.3 Å². The van der Waals surface area contributed by atoms with Gasteiger partial charge in [0.25, 0.3) is 11.8 Å². The predicted octanol–water partition coefficient (Wildman–Crippen LogP) is 2.15. The van der Waals surface area contributed by atoms with E-state index in [0.717, 1.165) is 34.4 Å². The van der Waals surface area contributed by atoms with Gasteiger partial charge in [0, 0.05) is 66.5 Å². The number of rotatable bonds is 8. The number of benzene rings is 1. The lowest BCUT2D eigenvalue weighted by atomic mass is 10.2. The number of carbonyl (C=O) groups is 3. The van der Waals surface area contributed by atoms with Gasteiger partial charge in [-0.1, -0.05) is 11.6 Å². The molecule has 10 nitrogen and oxygen atoms in total. The Morgan fingerprint density at radius 1 is 1.15 bits per heavy atom. The number of amides is 3. The molecule has 3 amide bonds. The van der Waals surface area contributed by atoms with Crippen LogP contribution in [-0.4, -0.2) is 72.6 Å². The van der Waals surface area contributed by atoms with Gasteiger partial charge in [-0.25, -0.2) is 9.78 Å². The van der Waals surface area contributed by atoms with Crippen molar-refractivity contribution in [1.29, 1.82) is 0 Å². The van der Waals surface area contributed by atoms with Crippen LogP contribution < -0.4 is 16.0 Å². The van der Waals surface area contributed by atoms with Crippen molar-refractivity contribution >= 4 is 51.7 Å². The molecule has 180 valence electrons. The zero-order valence-corrected chi connectivity index (χ0v) is 20.1. The summed E-state index contributed by atoms with van der Waals surface area (Å²) in [6.45, 7) is 3.25. The third-order valence-electron chi connectivity index (χ3n) is 5.41. The molecule has 0 aliphatic carbocycles. The summed E-state index contributed by atoms with van der Waals surface area (Å²) >= 11 is 7.36. The molecule has 0 unspecified atom stereocenters. The van der Waals surface area contributed by atoms with Gasteiger partial charge >= 0.3 is 6.09 Å². The van der Waals surface area contributed by atoms with E-state index in [1.165, 1.54) is 18.4 Å². The Morgan fingerprint density at radius 2 is 1.94 bits per heavy atom. The highest BCUT2D eigenvalue weighted by Gasteiger charge is 2.23. The van der Waals surface area contributed by atoms with E-state index in [0.29, 0.717) is 35.4 Å². The number of aromatic amines is 1. The number of fused-ring (bicyclic) bond motifs is 2. The number of ether oxygens (including phenoxy) is 1. The standard InChI is InChI=1S/C22H25ClN6O4S/c1-33-22(32)26-7-9-29-8-4-16-18(12-29)34-21(28-16)20(31)25-6-5-24-19(30)17-11-13-10-14(23)2-3-15(13)27-17/h2-3,10-11,27H,4-9,12H2,1H3,(H,24,30)(H,25,31)(H,26,32). The number of H-pyrrole nitrogens is 1. The Kier molecular flexibility index (Phi) is 7.66. The third kappa shape index (κ3) is 5.85. The lowest BCUT2D eigenvalue weighted by Gasteiger charge is -2.25. The average molecular weight is 505 g/mol. The number of thiazole rings is 1. The quantitative estimate of drug-likeness (QED) is 0.348. The van der Waals surface area contributed by atoms with Crippen LogP contribution in [0.4, 0.5) is 4.79 Å². The molecule has 1 aliphatic heterocycles. The molecule has 0 saturated heterocycles. The molecule has 2 aromatic heterocycles. The molecule has 3 heterocycles. The first kappa shape index (κ1) is 24.0. The van der Waals surface area contributed by atoms with Gasteiger partial charge in [-0.15, -0.1) is 11.3 Å². The number of halogens is 1. The number of hydrogen-bond donors (Lipinski definition) is 4. The lowest BCUT2D eigenvalue weighted by Crippen LogP contribution is -2.37. The summed E-state index contributed by atoms with van der Waals surface area (Å²) in [5, 5.41) is 10.1. The van der Waals surface area contributed by atoms with E-state index in [2.05, 4.69) is 35.6 Å². The third-order valence-corrected chi connectivity index (χ3v) is 6.73. The van der Waals surface area contributed by atoms with E-state index in [4.69, 9.17) is 11.6 Å². The maximum atomic E-state index is 12.5.